The van der Waals surface area contributed by atoms with Crippen molar-refractivity contribution in [1.82, 2.24) is 14.4 Å². The number of benzene rings is 1. The summed E-state index contributed by atoms with van der Waals surface area (Å²) in [6.07, 6.45) is 7.01. The molecule has 23 heavy (non-hydrogen) atoms. The molecule has 0 saturated heterocycles. The number of rotatable bonds is 3. The van der Waals surface area contributed by atoms with E-state index in [1.54, 1.807) is 30.8 Å². The zero-order chi connectivity index (χ0) is 15.8. The number of phenols is 1. The monoisotopic (exact) mass is 306 g/mol. The van der Waals surface area contributed by atoms with Crippen LogP contribution in [0.5, 0.6) is 5.75 Å². The molecule has 114 valence electrons. The van der Waals surface area contributed by atoms with E-state index in [0.717, 1.165) is 16.9 Å². The molecule has 3 heterocycles. The number of hydrogen-bond donors (Lipinski definition) is 1. The van der Waals surface area contributed by atoms with Crippen LogP contribution in [0.15, 0.2) is 65.7 Å². The fourth-order valence-corrected chi connectivity index (χ4v) is 2.55. The van der Waals surface area contributed by atoms with E-state index in [4.69, 9.17) is 4.42 Å². The number of hydrogen-bond acceptors (Lipinski definition) is 5. The zero-order valence-electron chi connectivity index (χ0n) is 12.4. The molecule has 0 aliphatic heterocycles. The number of furan rings is 1. The van der Waals surface area contributed by atoms with Crippen molar-refractivity contribution < 1.29 is 9.52 Å². The molecule has 6 heteroatoms. The first-order chi connectivity index (χ1) is 11.2. The van der Waals surface area contributed by atoms with Crippen LogP contribution in [0.4, 0.5) is 11.7 Å². The first-order valence-corrected chi connectivity index (χ1v) is 7.13. The van der Waals surface area contributed by atoms with Gasteiger partial charge >= 0.3 is 0 Å². The van der Waals surface area contributed by atoms with Crippen molar-refractivity contribution in [3.05, 3.63) is 61.3 Å². The number of phenolic OH excluding ortho intramolecular Hbond substituents is 1. The average molecular weight is 306 g/mol. The fourth-order valence-electron chi connectivity index (χ4n) is 2.55. The smallest absolute Gasteiger partial charge is 0.200 e. The first-order valence-electron chi connectivity index (χ1n) is 7.13. The van der Waals surface area contributed by atoms with Crippen molar-refractivity contribution in [3.63, 3.8) is 0 Å². The Balaban J connectivity index is 1.85. The molecule has 4 rings (SSSR count). The molecule has 0 atom stereocenters. The summed E-state index contributed by atoms with van der Waals surface area (Å²) in [5.74, 6) is 1.63. The lowest BCUT2D eigenvalue weighted by Gasteiger charge is -2.15. The van der Waals surface area contributed by atoms with Crippen LogP contribution in [0.2, 0.25) is 0 Å². The second kappa shape index (κ2) is 5.17. The lowest BCUT2D eigenvalue weighted by molar-refractivity contribution is 0.475. The van der Waals surface area contributed by atoms with Crippen LogP contribution in [-0.2, 0) is 0 Å². The SMILES string of the molecule is CN(c1ccco1)c1nccn2c(-c3ccc(O)cc3)cnc12. The maximum absolute atomic E-state index is 9.44. The molecule has 4 aromatic rings. The second-order valence-electron chi connectivity index (χ2n) is 5.15. The van der Waals surface area contributed by atoms with Gasteiger partial charge < -0.3 is 9.52 Å². The van der Waals surface area contributed by atoms with Crippen molar-refractivity contribution in [2.75, 3.05) is 11.9 Å². The van der Waals surface area contributed by atoms with Gasteiger partial charge in [0, 0.05) is 31.1 Å². The highest BCUT2D eigenvalue weighted by Gasteiger charge is 2.15. The molecular formula is C17H14N4O2. The zero-order valence-corrected chi connectivity index (χ0v) is 12.4. The minimum absolute atomic E-state index is 0.238. The van der Waals surface area contributed by atoms with Gasteiger partial charge in [-0.15, -0.1) is 0 Å². The summed E-state index contributed by atoms with van der Waals surface area (Å²) >= 11 is 0. The Labute approximate surface area is 132 Å². The minimum atomic E-state index is 0.238. The van der Waals surface area contributed by atoms with E-state index in [-0.39, 0.29) is 5.75 Å². The minimum Gasteiger partial charge on any atom is -0.508 e. The predicted molar refractivity (Wildman–Crippen MR) is 86.9 cm³/mol. The summed E-state index contributed by atoms with van der Waals surface area (Å²) < 4.78 is 7.39. The third-order valence-corrected chi connectivity index (χ3v) is 3.73. The number of anilines is 2. The number of aromatic hydroxyl groups is 1. The third-order valence-electron chi connectivity index (χ3n) is 3.73. The van der Waals surface area contributed by atoms with Gasteiger partial charge in [0.05, 0.1) is 18.2 Å². The molecule has 0 saturated carbocycles. The lowest BCUT2D eigenvalue weighted by Crippen LogP contribution is -2.12. The fraction of sp³-hybridized carbons (Fsp3) is 0.0588. The molecule has 0 unspecified atom stereocenters. The molecule has 3 aromatic heterocycles. The number of imidazole rings is 1. The van der Waals surface area contributed by atoms with E-state index in [1.807, 2.05) is 46.8 Å². The first kappa shape index (κ1) is 13.4. The molecule has 0 fully saturated rings. The third kappa shape index (κ3) is 2.20. The topological polar surface area (TPSA) is 66.8 Å². The average Bonchev–Trinajstić information content (AvgIpc) is 3.24. The molecule has 1 N–H and O–H groups in total. The van der Waals surface area contributed by atoms with Crippen LogP contribution in [0.3, 0.4) is 0 Å². The number of nitrogens with zero attached hydrogens (tertiary/aromatic N) is 4. The molecule has 1 aromatic carbocycles. The van der Waals surface area contributed by atoms with Crippen LogP contribution in [0, 0.1) is 0 Å². The molecule has 6 nitrogen and oxygen atoms in total. The van der Waals surface area contributed by atoms with Gasteiger partial charge in [-0.05, 0) is 30.3 Å². The summed E-state index contributed by atoms with van der Waals surface area (Å²) in [5.41, 5.74) is 2.62. The normalized spacial score (nSPS) is 11.0. The highest BCUT2D eigenvalue weighted by atomic mass is 16.3. The summed E-state index contributed by atoms with van der Waals surface area (Å²) in [6.45, 7) is 0. The number of fused-ring (bicyclic) bond motifs is 1. The maximum Gasteiger partial charge on any atom is 0.200 e. The van der Waals surface area contributed by atoms with Gasteiger partial charge in [0.1, 0.15) is 5.75 Å². The molecular weight excluding hydrogens is 292 g/mol. The quantitative estimate of drug-likeness (QED) is 0.628. The number of aromatic nitrogens is 3. The van der Waals surface area contributed by atoms with Gasteiger partial charge in [0.15, 0.2) is 11.5 Å². The van der Waals surface area contributed by atoms with E-state index in [0.29, 0.717) is 11.7 Å². The van der Waals surface area contributed by atoms with Crippen LogP contribution < -0.4 is 4.90 Å². The summed E-state index contributed by atoms with van der Waals surface area (Å²) in [4.78, 5) is 10.8. The maximum atomic E-state index is 9.44. The van der Waals surface area contributed by atoms with E-state index in [2.05, 4.69) is 9.97 Å². The molecule has 0 spiro atoms. The second-order valence-corrected chi connectivity index (χ2v) is 5.15. The standard InChI is InChI=1S/C17H14N4O2/c1-20(15-3-2-10-23-15)16-17-19-11-14(21(17)9-8-18-16)12-4-6-13(22)7-5-12/h2-11,22H,1H3. The largest absolute Gasteiger partial charge is 0.508 e. The Hall–Kier alpha value is -3.28. The van der Waals surface area contributed by atoms with Crippen molar-refractivity contribution in [2.45, 2.75) is 0 Å². The van der Waals surface area contributed by atoms with Crippen molar-refractivity contribution in [2.24, 2.45) is 0 Å². The van der Waals surface area contributed by atoms with Gasteiger partial charge in [0.2, 0.25) is 5.88 Å². The highest BCUT2D eigenvalue weighted by molar-refractivity contribution is 5.74. The molecule has 0 radical (unpaired) electrons. The van der Waals surface area contributed by atoms with Gasteiger partial charge in [-0.1, -0.05) is 0 Å². The Morgan fingerprint density at radius 1 is 1.13 bits per heavy atom. The lowest BCUT2D eigenvalue weighted by atomic mass is 10.1. The predicted octanol–water partition coefficient (Wildman–Crippen LogP) is 3.46. The molecule has 0 amide bonds. The molecule has 0 bridgehead atoms. The van der Waals surface area contributed by atoms with Crippen LogP contribution in [0.1, 0.15) is 0 Å². The summed E-state index contributed by atoms with van der Waals surface area (Å²) in [7, 11) is 1.88. The van der Waals surface area contributed by atoms with Crippen LogP contribution in [-0.4, -0.2) is 26.5 Å². The van der Waals surface area contributed by atoms with E-state index >= 15 is 0 Å². The van der Waals surface area contributed by atoms with Gasteiger partial charge in [-0.3, -0.25) is 9.30 Å². The van der Waals surface area contributed by atoms with Crippen LogP contribution in [0.25, 0.3) is 16.9 Å². The Kier molecular flexibility index (Phi) is 3.01. The Morgan fingerprint density at radius 3 is 2.70 bits per heavy atom. The summed E-state index contributed by atoms with van der Waals surface area (Å²) in [6, 6.07) is 10.7. The van der Waals surface area contributed by atoms with E-state index in [9.17, 15) is 5.11 Å². The van der Waals surface area contributed by atoms with Crippen molar-refractivity contribution >= 4 is 17.3 Å². The van der Waals surface area contributed by atoms with Crippen LogP contribution >= 0.6 is 0 Å². The van der Waals surface area contributed by atoms with Crippen molar-refractivity contribution in [3.8, 4) is 17.0 Å². The van der Waals surface area contributed by atoms with Gasteiger partial charge in [-0.2, -0.15) is 0 Å². The van der Waals surface area contributed by atoms with Gasteiger partial charge in [-0.25, -0.2) is 9.97 Å². The Morgan fingerprint density at radius 2 is 1.96 bits per heavy atom. The molecule has 0 aliphatic rings. The Bertz CT molecular complexity index is 943. The highest BCUT2D eigenvalue weighted by Crippen LogP contribution is 2.29. The molecule has 0 aliphatic carbocycles. The van der Waals surface area contributed by atoms with Crippen molar-refractivity contribution in [1.29, 1.82) is 0 Å². The van der Waals surface area contributed by atoms with E-state index in [1.165, 1.54) is 0 Å². The summed E-state index contributed by atoms with van der Waals surface area (Å²) in [5, 5.41) is 9.44. The van der Waals surface area contributed by atoms with E-state index < -0.39 is 0 Å². The van der Waals surface area contributed by atoms with Gasteiger partial charge in [0.25, 0.3) is 0 Å².